The normalized spacial score (nSPS) is 10.7. The Morgan fingerprint density at radius 3 is 2.38 bits per heavy atom. The second kappa shape index (κ2) is 10.6. The van der Waals surface area contributed by atoms with Crippen molar-refractivity contribution >= 4 is 23.5 Å². The van der Waals surface area contributed by atoms with Crippen molar-refractivity contribution in [1.29, 1.82) is 0 Å². The van der Waals surface area contributed by atoms with Crippen LogP contribution in [-0.2, 0) is 0 Å². The molecule has 0 unspecified atom stereocenters. The number of ketones is 1. The van der Waals surface area contributed by atoms with Crippen LogP contribution in [0.15, 0.2) is 84.9 Å². The number of rotatable bonds is 8. The third kappa shape index (κ3) is 5.37. The van der Waals surface area contributed by atoms with Crippen LogP contribution in [0, 0.1) is 19.3 Å². The van der Waals surface area contributed by atoms with E-state index in [2.05, 4.69) is 11.0 Å². The number of carbonyl (C=O) groups excluding carboxylic acids is 1. The third-order valence-electron chi connectivity index (χ3n) is 4.95. The van der Waals surface area contributed by atoms with Gasteiger partial charge in [-0.15, -0.1) is 6.42 Å². The predicted octanol–water partition coefficient (Wildman–Crippen LogP) is 6.53. The van der Waals surface area contributed by atoms with Crippen LogP contribution in [0.25, 0.3) is 11.8 Å². The highest BCUT2D eigenvalue weighted by Gasteiger charge is 2.17. The molecular weight excluding hydrogens is 448 g/mol. The highest BCUT2D eigenvalue weighted by atomic mass is 35.5. The highest BCUT2D eigenvalue weighted by Crippen LogP contribution is 2.32. The molecule has 0 fully saturated rings. The molecule has 34 heavy (non-hydrogen) atoms. The molecule has 0 bridgehead atoms. The fourth-order valence-corrected chi connectivity index (χ4v) is 3.39. The van der Waals surface area contributed by atoms with Gasteiger partial charge in [0.1, 0.15) is 18.1 Å². The number of carbonyl (C=O) groups is 1. The molecule has 1 aromatic heterocycles. The minimum absolute atomic E-state index is 0.159. The minimum atomic E-state index is -0.159. The predicted molar refractivity (Wildman–Crippen MR) is 134 cm³/mol. The van der Waals surface area contributed by atoms with E-state index in [0.29, 0.717) is 33.5 Å². The first-order chi connectivity index (χ1) is 16.5. The summed E-state index contributed by atoms with van der Waals surface area (Å²) in [4.78, 5) is 12.8. The minimum Gasteiger partial charge on any atom is -0.481 e. The summed E-state index contributed by atoms with van der Waals surface area (Å²) in [5, 5.41) is 5.27. The lowest BCUT2D eigenvalue weighted by molar-refractivity contribution is 0.104. The molecule has 4 rings (SSSR count). The first-order valence-corrected chi connectivity index (χ1v) is 10.9. The van der Waals surface area contributed by atoms with Crippen molar-refractivity contribution in [3.63, 3.8) is 0 Å². The smallest absolute Gasteiger partial charge is 0.230 e. The molecule has 0 atom stereocenters. The fourth-order valence-electron chi connectivity index (χ4n) is 3.26. The zero-order valence-electron chi connectivity index (χ0n) is 18.4. The number of halogens is 1. The number of aryl methyl sites for hydroxylation is 1. The summed E-state index contributed by atoms with van der Waals surface area (Å²) < 4.78 is 13.3. The number of para-hydroxylation sites is 1. The zero-order valence-corrected chi connectivity index (χ0v) is 19.2. The van der Waals surface area contributed by atoms with Gasteiger partial charge in [-0.3, -0.25) is 4.79 Å². The van der Waals surface area contributed by atoms with Crippen LogP contribution in [0.2, 0.25) is 5.02 Å². The van der Waals surface area contributed by atoms with E-state index in [1.54, 1.807) is 59.3 Å². The van der Waals surface area contributed by atoms with Gasteiger partial charge in [0.25, 0.3) is 0 Å². The van der Waals surface area contributed by atoms with Crippen LogP contribution in [0.4, 0.5) is 0 Å². The largest absolute Gasteiger partial charge is 0.481 e. The van der Waals surface area contributed by atoms with Crippen molar-refractivity contribution in [2.45, 2.75) is 6.92 Å². The van der Waals surface area contributed by atoms with E-state index in [1.165, 1.54) is 6.08 Å². The second-order valence-electron chi connectivity index (χ2n) is 7.32. The number of allylic oxidation sites excluding steroid dienone is 1. The number of hydrogen-bond donors (Lipinski definition) is 0. The Labute approximate surface area is 203 Å². The topological polar surface area (TPSA) is 53.3 Å². The van der Waals surface area contributed by atoms with E-state index < -0.39 is 0 Å². The van der Waals surface area contributed by atoms with E-state index in [-0.39, 0.29) is 12.4 Å². The summed E-state index contributed by atoms with van der Waals surface area (Å²) >= 11 is 6.02. The van der Waals surface area contributed by atoms with Crippen molar-refractivity contribution < 1.29 is 14.3 Å². The molecule has 0 aliphatic rings. The number of terminal acetylenes is 1. The maximum absolute atomic E-state index is 12.8. The molecule has 4 aromatic rings. The first-order valence-electron chi connectivity index (χ1n) is 10.5. The van der Waals surface area contributed by atoms with Crippen LogP contribution in [0.3, 0.4) is 0 Å². The van der Waals surface area contributed by atoms with Gasteiger partial charge in [-0.05, 0) is 79.7 Å². The first kappa shape index (κ1) is 22.9. The average Bonchev–Trinajstić information content (AvgIpc) is 3.18. The van der Waals surface area contributed by atoms with Gasteiger partial charge in [0.05, 0.1) is 16.9 Å². The van der Waals surface area contributed by atoms with E-state index in [4.69, 9.17) is 27.5 Å². The molecule has 0 saturated heterocycles. The Balaban J connectivity index is 1.66. The quantitative estimate of drug-likeness (QED) is 0.167. The molecule has 0 aliphatic carbocycles. The van der Waals surface area contributed by atoms with Crippen LogP contribution >= 0.6 is 11.6 Å². The molecule has 0 aliphatic heterocycles. The molecule has 3 aromatic carbocycles. The Bertz CT molecular complexity index is 1350. The lowest BCUT2D eigenvalue weighted by atomic mass is 10.1. The number of hydrogen-bond acceptors (Lipinski definition) is 4. The monoisotopic (exact) mass is 468 g/mol. The maximum Gasteiger partial charge on any atom is 0.230 e. The number of benzene rings is 3. The lowest BCUT2D eigenvalue weighted by Gasteiger charge is -2.10. The molecule has 6 heteroatoms. The molecule has 0 saturated carbocycles. The highest BCUT2D eigenvalue weighted by molar-refractivity contribution is 6.30. The molecule has 0 spiro atoms. The van der Waals surface area contributed by atoms with Gasteiger partial charge >= 0.3 is 0 Å². The second-order valence-corrected chi connectivity index (χ2v) is 7.76. The number of ether oxygens (including phenoxy) is 2. The third-order valence-corrected chi connectivity index (χ3v) is 5.21. The van der Waals surface area contributed by atoms with Crippen LogP contribution in [0.5, 0.6) is 17.4 Å². The average molecular weight is 469 g/mol. The maximum atomic E-state index is 12.8. The van der Waals surface area contributed by atoms with Crippen LogP contribution in [-0.4, -0.2) is 22.2 Å². The Kier molecular flexibility index (Phi) is 7.12. The molecular formula is C28H21ClN2O3. The molecule has 0 N–H and O–H groups in total. The summed E-state index contributed by atoms with van der Waals surface area (Å²) in [5.74, 6) is 3.95. The van der Waals surface area contributed by atoms with Crippen molar-refractivity contribution in [1.82, 2.24) is 9.78 Å². The van der Waals surface area contributed by atoms with Crippen LogP contribution in [0.1, 0.15) is 21.6 Å². The van der Waals surface area contributed by atoms with Crippen molar-refractivity contribution in [3.05, 3.63) is 107 Å². The van der Waals surface area contributed by atoms with Gasteiger partial charge in [-0.2, -0.15) is 9.78 Å². The van der Waals surface area contributed by atoms with Gasteiger partial charge in [0, 0.05) is 10.6 Å². The van der Waals surface area contributed by atoms with Gasteiger partial charge in [-0.25, -0.2) is 0 Å². The molecule has 0 amide bonds. The van der Waals surface area contributed by atoms with E-state index >= 15 is 0 Å². The lowest BCUT2D eigenvalue weighted by Crippen LogP contribution is -2.00. The summed E-state index contributed by atoms with van der Waals surface area (Å²) in [7, 11) is 0. The Morgan fingerprint density at radius 1 is 1.03 bits per heavy atom. The standard InChI is InChI=1S/C28H21ClN2O3/c1-3-19-33-24-13-9-21(10-14-24)27(32)18-17-26-20(2)30-31(23-7-5-4-6-8-23)28(26)34-25-15-11-22(29)12-16-25/h1,4-18H,19H2,2H3/b18-17+. The molecule has 5 nitrogen and oxygen atoms in total. The number of nitrogens with zero attached hydrogens (tertiary/aromatic N) is 2. The Hall–Kier alpha value is -4.27. The molecule has 168 valence electrons. The van der Waals surface area contributed by atoms with E-state index in [1.807, 2.05) is 37.3 Å². The summed E-state index contributed by atoms with van der Waals surface area (Å²) in [6.45, 7) is 2.05. The SMILES string of the molecule is C#CCOc1ccc(C(=O)/C=C/c2c(C)nn(-c3ccccc3)c2Oc2ccc(Cl)cc2)cc1. The van der Waals surface area contributed by atoms with Crippen molar-refractivity contribution in [3.8, 4) is 35.4 Å². The van der Waals surface area contributed by atoms with Crippen molar-refractivity contribution in [2.75, 3.05) is 6.61 Å². The fraction of sp³-hybridized carbons (Fsp3) is 0.0714. The zero-order chi connectivity index (χ0) is 23.9. The van der Waals surface area contributed by atoms with Gasteiger partial charge < -0.3 is 9.47 Å². The Morgan fingerprint density at radius 2 is 1.71 bits per heavy atom. The summed E-state index contributed by atoms with van der Waals surface area (Å²) in [6, 6.07) is 23.5. The van der Waals surface area contributed by atoms with Gasteiger partial charge in [0.2, 0.25) is 5.88 Å². The molecule has 0 radical (unpaired) electrons. The van der Waals surface area contributed by atoms with Crippen LogP contribution < -0.4 is 9.47 Å². The van der Waals surface area contributed by atoms with Crippen molar-refractivity contribution in [2.24, 2.45) is 0 Å². The summed E-state index contributed by atoms with van der Waals surface area (Å²) in [6.07, 6.45) is 8.43. The van der Waals surface area contributed by atoms with E-state index in [0.717, 1.165) is 11.4 Å². The molecule has 1 heterocycles. The van der Waals surface area contributed by atoms with Gasteiger partial charge in [0.15, 0.2) is 5.78 Å². The van der Waals surface area contributed by atoms with E-state index in [9.17, 15) is 4.79 Å². The summed E-state index contributed by atoms with van der Waals surface area (Å²) in [5.41, 5.74) is 2.77. The van der Waals surface area contributed by atoms with Gasteiger partial charge in [-0.1, -0.05) is 35.7 Å². The number of aromatic nitrogens is 2.